The third-order valence-corrected chi connectivity index (χ3v) is 9.72. The maximum absolute atomic E-state index is 6.77. The van der Waals surface area contributed by atoms with E-state index in [0.717, 1.165) is 0 Å². The van der Waals surface area contributed by atoms with Crippen LogP contribution in [-0.2, 0) is 4.43 Å². The van der Waals surface area contributed by atoms with Crippen molar-refractivity contribution in [1.29, 1.82) is 0 Å². The second-order valence-electron chi connectivity index (χ2n) is 7.43. The lowest BCUT2D eigenvalue weighted by atomic mass is 10.2. The second kappa shape index (κ2) is 7.99. The average molecular weight is 383 g/mol. The Balaban J connectivity index is 1.94. The zero-order valence-corrected chi connectivity index (χ0v) is 17.0. The molecule has 0 amide bonds. The summed E-state index contributed by atoms with van der Waals surface area (Å²) in [5.74, 6) is 6.47. The highest BCUT2D eigenvalue weighted by Gasteiger charge is 2.50. The highest BCUT2D eigenvalue weighted by Crippen LogP contribution is 2.36. The lowest BCUT2D eigenvalue weighted by Gasteiger charge is -2.43. The van der Waals surface area contributed by atoms with Crippen molar-refractivity contribution in [2.24, 2.45) is 5.84 Å². The van der Waals surface area contributed by atoms with E-state index in [4.69, 9.17) is 10.3 Å². The Morgan fingerprint density at radius 3 is 2.00 bits per heavy atom. The molecule has 0 saturated heterocycles. The summed E-state index contributed by atoms with van der Waals surface area (Å²) in [6.07, 6.45) is 0. The Kier molecular flexibility index (Phi) is 5.69. The topological polar surface area (TPSA) is 93.0 Å². The Hall–Kier alpha value is -2.55. The fourth-order valence-corrected chi connectivity index (χ4v) is 7.99. The number of tetrazole rings is 1. The normalized spacial score (nSPS) is 12.1. The molecule has 2 aromatic carbocycles. The van der Waals surface area contributed by atoms with Crippen LogP contribution in [0, 0.1) is 0 Å². The lowest BCUT2D eigenvalue weighted by molar-refractivity contribution is 0.303. The van der Waals surface area contributed by atoms with Gasteiger partial charge in [-0.05, 0) is 25.8 Å². The van der Waals surface area contributed by atoms with Gasteiger partial charge in [0.25, 0.3) is 14.3 Å². The molecule has 27 heavy (non-hydrogen) atoms. The van der Waals surface area contributed by atoms with Crippen LogP contribution in [0.5, 0.6) is 0 Å². The van der Waals surface area contributed by atoms with Gasteiger partial charge >= 0.3 is 0 Å². The van der Waals surface area contributed by atoms with E-state index < -0.39 is 8.32 Å². The molecule has 0 fully saturated rings. The van der Waals surface area contributed by atoms with Crippen LogP contribution in [0.15, 0.2) is 60.7 Å². The van der Waals surface area contributed by atoms with Crippen molar-refractivity contribution in [2.75, 3.05) is 18.2 Å². The van der Waals surface area contributed by atoms with E-state index in [0.29, 0.717) is 19.1 Å². The molecule has 7 nitrogen and oxygen atoms in total. The zero-order chi connectivity index (χ0) is 19.3. The van der Waals surface area contributed by atoms with Gasteiger partial charge in [-0.3, -0.25) is 5.01 Å². The van der Waals surface area contributed by atoms with Crippen molar-refractivity contribution >= 4 is 24.6 Å². The van der Waals surface area contributed by atoms with Gasteiger partial charge in [0.1, 0.15) is 0 Å². The van der Waals surface area contributed by atoms with E-state index in [1.807, 2.05) is 12.1 Å². The molecule has 8 heteroatoms. The molecule has 0 aliphatic rings. The molecule has 3 aromatic rings. The van der Waals surface area contributed by atoms with Crippen LogP contribution in [0.3, 0.4) is 0 Å². The van der Waals surface area contributed by atoms with Gasteiger partial charge < -0.3 is 4.43 Å². The van der Waals surface area contributed by atoms with Gasteiger partial charge in [0.15, 0.2) is 0 Å². The van der Waals surface area contributed by atoms with Crippen LogP contribution in [-0.4, -0.2) is 42.1 Å². The molecule has 0 aliphatic carbocycles. The molecule has 0 unspecified atom stereocenters. The van der Waals surface area contributed by atoms with Crippen LogP contribution in [0.2, 0.25) is 5.04 Å². The first kappa shape index (κ1) is 19.2. The minimum absolute atomic E-state index is 0.0665. The number of benzene rings is 2. The van der Waals surface area contributed by atoms with Crippen LogP contribution in [0.1, 0.15) is 20.8 Å². The first-order valence-corrected chi connectivity index (χ1v) is 10.9. The lowest BCUT2D eigenvalue weighted by Crippen LogP contribution is -2.67. The van der Waals surface area contributed by atoms with Gasteiger partial charge in [0.2, 0.25) is 0 Å². The fourth-order valence-electron chi connectivity index (χ4n) is 3.44. The predicted octanol–water partition coefficient (Wildman–Crippen LogP) is 1.46. The number of nitrogens with zero attached hydrogens (tertiary/aromatic N) is 4. The molecule has 0 atom stereocenters. The number of H-pyrrole nitrogens is 1. The SMILES string of the molecule is CC(C)(C)[Si](OCCN(N)c1nnn[nH]1)(c1ccccc1)c1ccccc1. The van der Waals surface area contributed by atoms with E-state index in [2.05, 4.69) is 89.9 Å². The molecular formula is C19H26N6OSi. The summed E-state index contributed by atoms with van der Waals surface area (Å²) >= 11 is 0. The van der Waals surface area contributed by atoms with E-state index in [1.54, 1.807) is 0 Å². The second-order valence-corrected chi connectivity index (χ2v) is 11.7. The summed E-state index contributed by atoms with van der Waals surface area (Å²) in [6.45, 7) is 7.69. The molecular weight excluding hydrogens is 356 g/mol. The molecule has 1 aromatic heterocycles. The number of nitrogens with two attached hydrogens (primary N) is 1. The number of hydrogen-bond donors (Lipinski definition) is 2. The summed E-state index contributed by atoms with van der Waals surface area (Å²) in [7, 11) is -2.55. The van der Waals surface area contributed by atoms with Crippen molar-refractivity contribution < 1.29 is 4.43 Å². The summed E-state index contributed by atoms with van der Waals surface area (Å²) in [5.41, 5.74) is 0. The van der Waals surface area contributed by atoms with E-state index in [9.17, 15) is 0 Å². The summed E-state index contributed by atoms with van der Waals surface area (Å²) in [4.78, 5) is 0. The zero-order valence-electron chi connectivity index (χ0n) is 16.0. The number of anilines is 1. The molecule has 1 heterocycles. The number of hydrazine groups is 1. The average Bonchev–Trinajstić information content (AvgIpc) is 3.20. The standard InChI is InChI=1S/C19H26N6OSi/c1-19(2,3)27(16-10-6-4-7-11-16,17-12-8-5-9-13-17)26-15-14-25(20)18-21-23-24-22-18/h4-13H,14-15,20H2,1-3H3,(H,21,22,23,24). The van der Waals surface area contributed by atoms with Crippen molar-refractivity contribution in [1.82, 2.24) is 20.6 Å². The minimum atomic E-state index is -2.55. The van der Waals surface area contributed by atoms with E-state index in [-0.39, 0.29) is 5.04 Å². The van der Waals surface area contributed by atoms with Crippen molar-refractivity contribution in [3.8, 4) is 0 Å². The van der Waals surface area contributed by atoms with Crippen LogP contribution < -0.4 is 21.2 Å². The molecule has 0 radical (unpaired) electrons. The van der Waals surface area contributed by atoms with Gasteiger partial charge in [0.05, 0.1) is 13.2 Å². The quantitative estimate of drug-likeness (QED) is 0.365. The minimum Gasteiger partial charge on any atom is -0.406 e. The van der Waals surface area contributed by atoms with Crippen LogP contribution in [0.25, 0.3) is 0 Å². The Labute approximate surface area is 160 Å². The number of nitrogens with one attached hydrogen (secondary N) is 1. The van der Waals surface area contributed by atoms with Gasteiger partial charge in [-0.25, -0.2) is 10.9 Å². The maximum Gasteiger partial charge on any atom is 0.261 e. The molecule has 0 bridgehead atoms. The molecule has 0 saturated carbocycles. The maximum atomic E-state index is 6.77. The molecule has 0 spiro atoms. The number of aromatic amines is 1. The fraction of sp³-hybridized carbons (Fsp3) is 0.316. The third kappa shape index (κ3) is 3.92. The van der Waals surface area contributed by atoms with Gasteiger partial charge in [0, 0.05) is 0 Å². The smallest absolute Gasteiger partial charge is 0.261 e. The summed E-state index contributed by atoms with van der Waals surface area (Å²) in [5, 5.41) is 17.5. The van der Waals surface area contributed by atoms with Crippen LogP contribution >= 0.6 is 0 Å². The van der Waals surface area contributed by atoms with E-state index in [1.165, 1.54) is 15.4 Å². The molecule has 142 valence electrons. The first-order valence-electron chi connectivity index (χ1n) is 8.96. The molecule has 3 rings (SSSR count). The van der Waals surface area contributed by atoms with Crippen molar-refractivity contribution in [2.45, 2.75) is 25.8 Å². The van der Waals surface area contributed by atoms with E-state index >= 15 is 0 Å². The largest absolute Gasteiger partial charge is 0.406 e. The van der Waals surface area contributed by atoms with Crippen LogP contribution in [0.4, 0.5) is 5.95 Å². The number of hydrogen-bond acceptors (Lipinski definition) is 6. The highest BCUT2D eigenvalue weighted by molar-refractivity contribution is 6.99. The summed E-state index contributed by atoms with van der Waals surface area (Å²) in [6, 6.07) is 21.1. The monoisotopic (exact) mass is 382 g/mol. The van der Waals surface area contributed by atoms with Crippen molar-refractivity contribution in [3.63, 3.8) is 0 Å². The summed E-state index contributed by atoms with van der Waals surface area (Å²) < 4.78 is 6.77. The Bertz CT molecular complexity index is 781. The highest BCUT2D eigenvalue weighted by atomic mass is 28.4. The van der Waals surface area contributed by atoms with Gasteiger partial charge in [-0.15, -0.1) is 0 Å². The van der Waals surface area contributed by atoms with Gasteiger partial charge in [-0.1, -0.05) is 86.5 Å². The Morgan fingerprint density at radius 1 is 1.00 bits per heavy atom. The predicted molar refractivity (Wildman–Crippen MR) is 109 cm³/mol. The van der Waals surface area contributed by atoms with Gasteiger partial charge in [-0.2, -0.15) is 0 Å². The molecule has 3 N–H and O–H groups in total. The van der Waals surface area contributed by atoms with Crippen molar-refractivity contribution in [3.05, 3.63) is 60.7 Å². The number of aromatic nitrogens is 4. The molecule has 0 aliphatic heterocycles. The first-order chi connectivity index (χ1) is 12.9. The number of rotatable bonds is 7. The third-order valence-electron chi connectivity index (χ3n) is 4.67. The Morgan fingerprint density at radius 2 is 1.56 bits per heavy atom.